The predicted molar refractivity (Wildman–Crippen MR) is 52.2 cm³/mol. The van der Waals surface area contributed by atoms with E-state index in [1.54, 1.807) is 0 Å². The van der Waals surface area contributed by atoms with E-state index >= 15 is 0 Å². The fourth-order valence-electron chi connectivity index (χ4n) is 0.919. The molecule has 3 N–H and O–H groups in total. The molecule has 0 saturated carbocycles. The maximum Gasteiger partial charge on any atom is 0.307 e. The molecule has 70 valence electrons. The first kappa shape index (κ1) is 10.2. The summed E-state index contributed by atoms with van der Waals surface area (Å²) in [5, 5.41) is 9.16. The zero-order valence-corrected chi connectivity index (χ0v) is 8.06. The highest BCUT2D eigenvalue weighted by Gasteiger charge is 2.08. The third-order valence-corrected chi connectivity index (χ3v) is 2.25. The molecule has 1 aromatic rings. The third kappa shape index (κ3) is 2.50. The molecule has 0 bridgehead atoms. The lowest BCUT2D eigenvalue weighted by Crippen LogP contribution is -2.03. The number of carboxylic acid groups (broad SMARTS) is 1. The predicted octanol–water partition coefficient (Wildman–Crippen LogP) is 2.20. The van der Waals surface area contributed by atoms with E-state index in [-0.39, 0.29) is 6.42 Å². The molecule has 0 aliphatic carbocycles. The number of carboxylic acids is 1. The van der Waals surface area contributed by atoms with E-state index < -0.39 is 5.97 Å². The number of aliphatic carboxylic acids is 1. The van der Waals surface area contributed by atoms with Crippen LogP contribution in [0.5, 0.6) is 0 Å². The van der Waals surface area contributed by atoms with Crippen LogP contribution in [0.25, 0.3) is 0 Å². The van der Waals surface area contributed by atoms with Gasteiger partial charge in [-0.25, -0.2) is 0 Å². The minimum Gasteiger partial charge on any atom is -0.481 e. The molecule has 0 aromatic heterocycles. The molecule has 0 spiro atoms. The first-order chi connectivity index (χ1) is 6.00. The molecule has 0 radical (unpaired) electrons. The van der Waals surface area contributed by atoms with Gasteiger partial charge in [0.1, 0.15) is 0 Å². The number of nitrogen functional groups attached to an aromatic ring is 1. The smallest absolute Gasteiger partial charge is 0.307 e. The van der Waals surface area contributed by atoms with Crippen LogP contribution in [0.1, 0.15) is 5.56 Å². The van der Waals surface area contributed by atoms with Crippen molar-refractivity contribution in [3.05, 3.63) is 27.7 Å². The molecule has 5 heteroatoms. The molecule has 0 atom stereocenters. The van der Waals surface area contributed by atoms with Gasteiger partial charge < -0.3 is 10.8 Å². The summed E-state index contributed by atoms with van der Waals surface area (Å²) in [6.07, 6.45) is -0.150. The van der Waals surface area contributed by atoms with Crippen LogP contribution in [-0.2, 0) is 11.2 Å². The van der Waals surface area contributed by atoms with Crippen molar-refractivity contribution < 1.29 is 9.90 Å². The number of nitrogens with two attached hydrogens (primary N) is 1. The van der Waals surface area contributed by atoms with Crippen LogP contribution in [0, 0.1) is 0 Å². The monoisotopic (exact) mass is 219 g/mol. The summed E-state index contributed by atoms with van der Waals surface area (Å²) in [6.45, 7) is 0. The van der Waals surface area contributed by atoms with Crippen LogP contribution in [0.4, 0.5) is 5.69 Å². The van der Waals surface area contributed by atoms with Crippen molar-refractivity contribution in [2.45, 2.75) is 6.42 Å². The normalized spacial score (nSPS) is 10.0. The van der Waals surface area contributed by atoms with E-state index in [4.69, 9.17) is 34.0 Å². The Morgan fingerprint density at radius 2 is 1.92 bits per heavy atom. The van der Waals surface area contributed by atoms with Crippen molar-refractivity contribution in [3.63, 3.8) is 0 Å². The topological polar surface area (TPSA) is 63.3 Å². The largest absolute Gasteiger partial charge is 0.481 e. The summed E-state index contributed by atoms with van der Waals surface area (Å²) < 4.78 is 0. The standard InChI is InChI=1S/C8H7Cl2NO2/c9-5-1-4(2-8(12)13)7(11)3-6(5)10/h1,3H,2,11H2,(H,12,13). The highest BCUT2D eigenvalue weighted by molar-refractivity contribution is 6.42. The van der Waals surface area contributed by atoms with Crippen LogP contribution < -0.4 is 5.73 Å². The molecular weight excluding hydrogens is 213 g/mol. The Labute approximate surface area is 85.1 Å². The SMILES string of the molecule is Nc1cc(Cl)c(Cl)cc1CC(=O)O. The number of halogens is 2. The van der Waals surface area contributed by atoms with Crippen molar-refractivity contribution in [2.75, 3.05) is 5.73 Å². The van der Waals surface area contributed by atoms with Crippen LogP contribution in [0.2, 0.25) is 10.0 Å². The Hall–Kier alpha value is -0.930. The Balaban J connectivity index is 3.08. The van der Waals surface area contributed by atoms with Gasteiger partial charge in [-0.1, -0.05) is 23.2 Å². The van der Waals surface area contributed by atoms with Crippen molar-refractivity contribution in [1.29, 1.82) is 0 Å². The highest BCUT2D eigenvalue weighted by Crippen LogP contribution is 2.27. The molecule has 0 amide bonds. The van der Waals surface area contributed by atoms with Gasteiger partial charge in [-0.2, -0.15) is 0 Å². The quantitative estimate of drug-likeness (QED) is 0.751. The zero-order valence-electron chi connectivity index (χ0n) is 6.55. The van der Waals surface area contributed by atoms with E-state index in [0.717, 1.165) is 0 Å². The van der Waals surface area contributed by atoms with Crippen LogP contribution in [-0.4, -0.2) is 11.1 Å². The van der Waals surface area contributed by atoms with Gasteiger partial charge in [0.05, 0.1) is 16.5 Å². The summed E-state index contributed by atoms with van der Waals surface area (Å²) in [5.41, 5.74) is 6.35. The molecule has 3 nitrogen and oxygen atoms in total. The molecule has 1 rings (SSSR count). The number of carbonyl (C=O) groups is 1. The molecule has 0 unspecified atom stereocenters. The van der Waals surface area contributed by atoms with E-state index in [1.165, 1.54) is 12.1 Å². The second-order valence-electron chi connectivity index (χ2n) is 2.54. The molecule has 0 aliphatic heterocycles. The Bertz CT molecular complexity index is 352. The summed E-state index contributed by atoms with van der Waals surface area (Å²) in [6, 6.07) is 2.91. The third-order valence-electron chi connectivity index (χ3n) is 1.52. The first-order valence-corrected chi connectivity index (χ1v) is 4.21. The van der Waals surface area contributed by atoms with Gasteiger partial charge in [-0.15, -0.1) is 0 Å². The van der Waals surface area contributed by atoms with Gasteiger partial charge in [0.2, 0.25) is 0 Å². The molecular formula is C8H7Cl2NO2. The van der Waals surface area contributed by atoms with Crippen LogP contribution in [0.3, 0.4) is 0 Å². The Kier molecular flexibility index (Phi) is 3.01. The van der Waals surface area contributed by atoms with Gasteiger partial charge in [0.25, 0.3) is 0 Å². The van der Waals surface area contributed by atoms with Crippen molar-refractivity contribution in [1.82, 2.24) is 0 Å². The van der Waals surface area contributed by atoms with Gasteiger partial charge in [0, 0.05) is 5.69 Å². The number of benzene rings is 1. The van der Waals surface area contributed by atoms with Crippen LogP contribution in [0.15, 0.2) is 12.1 Å². The summed E-state index contributed by atoms with van der Waals surface area (Å²) in [4.78, 5) is 10.4. The first-order valence-electron chi connectivity index (χ1n) is 3.46. The van der Waals surface area contributed by atoms with E-state index in [9.17, 15) is 4.79 Å². The fraction of sp³-hybridized carbons (Fsp3) is 0.125. The molecule has 0 fully saturated rings. The second-order valence-corrected chi connectivity index (χ2v) is 3.35. The summed E-state index contributed by atoms with van der Waals surface area (Å²) >= 11 is 11.4. The van der Waals surface area contributed by atoms with Gasteiger partial charge >= 0.3 is 5.97 Å². The number of hydrogen-bond donors (Lipinski definition) is 2. The molecule has 0 saturated heterocycles. The summed E-state index contributed by atoms with van der Waals surface area (Å²) in [5.74, 6) is -0.954. The Morgan fingerprint density at radius 1 is 1.38 bits per heavy atom. The van der Waals surface area contributed by atoms with E-state index in [0.29, 0.717) is 21.3 Å². The van der Waals surface area contributed by atoms with Crippen molar-refractivity contribution in [3.8, 4) is 0 Å². The van der Waals surface area contributed by atoms with Crippen LogP contribution >= 0.6 is 23.2 Å². The minimum atomic E-state index is -0.954. The average Bonchev–Trinajstić information content (AvgIpc) is 1.99. The lowest BCUT2D eigenvalue weighted by Gasteiger charge is -2.04. The molecule has 0 aliphatic rings. The second kappa shape index (κ2) is 3.85. The fourth-order valence-corrected chi connectivity index (χ4v) is 1.28. The molecule has 0 heterocycles. The van der Waals surface area contributed by atoms with Crippen molar-refractivity contribution >= 4 is 34.9 Å². The van der Waals surface area contributed by atoms with E-state index in [1.807, 2.05) is 0 Å². The average molecular weight is 220 g/mol. The lowest BCUT2D eigenvalue weighted by atomic mass is 10.1. The number of rotatable bonds is 2. The summed E-state index contributed by atoms with van der Waals surface area (Å²) in [7, 11) is 0. The minimum absolute atomic E-state index is 0.150. The van der Waals surface area contributed by atoms with Gasteiger partial charge in [0.15, 0.2) is 0 Å². The Morgan fingerprint density at radius 3 is 2.46 bits per heavy atom. The molecule has 13 heavy (non-hydrogen) atoms. The van der Waals surface area contributed by atoms with E-state index in [2.05, 4.69) is 0 Å². The number of anilines is 1. The lowest BCUT2D eigenvalue weighted by molar-refractivity contribution is -0.136. The molecule has 1 aromatic carbocycles. The maximum absolute atomic E-state index is 10.4. The number of hydrogen-bond acceptors (Lipinski definition) is 2. The zero-order chi connectivity index (χ0) is 10.0. The highest BCUT2D eigenvalue weighted by atomic mass is 35.5. The van der Waals surface area contributed by atoms with Gasteiger partial charge in [-0.05, 0) is 17.7 Å². The van der Waals surface area contributed by atoms with Gasteiger partial charge in [-0.3, -0.25) is 4.79 Å². The maximum atomic E-state index is 10.4. The van der Waals surface area contributed by atoms with Crippen molar-refractivity contribution in [2.24, 2.45) is 0 Å².